The van der Waals surface area contributed by atoms with E-state index in [0.717, 1.165) is 11.3 Å². The van der Waals surface area contributed by atoms with E-state index in [-0.39, 0.29) is 21.1 Å². The Kier molecular flexibility index (Phi) is 4.32. The van der Waals surface area contributed by atoms with Gasteiger partial charge in [0.05, 0.1) is 0 Å². The number of rotatable bonds is 1. The summed E-state index contributed by atoms with van der Waals surface area (Å²) in [6, 6.07) is 15.3. The largest absolute Gasteiger partial charge is 0.449 e. The average molecular weight is 380 g/mol. The maximum atomic E-state index is 5.74. The molecule has 0 saturated carbocycles. The van der Waals surface area contributed by atoms with Crippen LogP contribution in [0.1, 0.15) is 11.1 Å². The Balaban J connectivity index is 0.00000128. The average Bonchev–Trinajstić information content (AvgIpc) is 2.16. The van der Waals surface area contributed by atoms with Gasteiger partial charge < -0.3 is 5.73 Å². The van der Waals surface area contributed by atoms with Gasteiger partial charge in [-0.1, -0.05) is 40.6 Å². The summed E-state index contributed by atoms with van der Waals surface area (Å²) in [4.78, 5) is 0. The fraction of sp³-hybridized carbons (Fsp3) is 0.143. The minimum atomic E-state index is 0. The molecule has 0 aliphatic rings. The number of benzene rings is 2. The fourth-order valence-corrected chi connectivity index (χ4v) is 1.80. The Bertz CT molecular complexity index is 472. The first-order valence-corrected chi connectivity index (χ1v) is 5.00. The number of nitrogen functional groups attached to an aromatic ring is 1. The number of aryl methyl sites for hydroxylation is 2. The van der Waals surface area contributed by atoms with E-state index in [2.05, 4.69) is 38.1 Å². The Hall–Kier alpha value is -1.07. The number of anilines is 1. The van der Waals surface area contributed by atoms with Crippen molar-refractivity contribution in [1.82, 2.24) is 0 Å². The van der Waals surface area contributed by atoms with Crippen molar-refractivity contribution in [3.8, 4) is 11.1 Å². The van der Waals surface area contributed by atoms with Gasteiger partial charge in [0.15, 0.2) is 0 Å². The minimum absolute atomic E-state index is 0. The van der Waals surface area contributed by atoms with Gasteiger partial charge in [0.1, 0.15) is 0 Å². The Morgan fingerprint density at radius 1 is 0.875 bits per heavy atom. The molecular weight excluding hydrogens is 366 g/mol. The van der Waals surface area contributed by atoms with Crippen LogP contribution in [0.15, 0.2) is 36.4 Å². The fourth-order valence-electron chi connectivity index (χ4n) is 1.80. The van der Waals surface area contributed by atoms with E-state index in [9.17, 15) is 0 Å². The zero-order chi connectivity index (χ0) is 10.8. The van der Waals surface area contributed by atoms with Gasteiger partial charge in [-0.3, -0.25) is 0 Å². The number of hydrogen-bond acceptors (Lipinski definition) is 1. The molecule has 1 nitrogen and oxygen atoms in total. The molecule has 0 aliphatic carbocycles. The summed E-state index contributed by atoms with van der Waals surface area (Å²) < 4.78 is 0. The molecule has 0 fully saturated rings. The molecule has 0 atom stereocenters. The van der Waals surface area contributed by atoms with Gasteiger partial charge in [0, 0.05) is 21.1 Å². The third-order valence-corrected chi connectivity index (χ3v) is 2.37. The van der Waals surface area contributed by atoms with Crippen LogP contribution >= 0.6 is 0 Å². The van der Waals surface area contributed by atoms with Gasteiger partial charge in [-0.2, -0.15) is 18.2 Å². The smallest absolute Gasteiger partial charge is 0 e. The first-order chi connectivity index (χ1) is 7.15. The molecule has 0 radical (unpaired) electrons. The molecule has 0 aromatic heterocycles. The Morgan fingerprint density at radius 2 is 1.50 bits per heavy atom. The topological polar surface area (TPSA) is 26.0 Å². The van der Waals surface area contributed by atoms with Crippen molar-refractivity contribution in [3.63, 3.8) is 0 Å². The molecule has 82 valence electrons. The van der Waals surface area contributed by atoms with Crippen molar-refractivity contribution in [2.24, 2.45) is 0 Å². The van der Waals surface area contributed by atoms with E-state index in [4.69, 9.17) is 5.73 Å². The second-order valence-electron chi connectivity index (χ2n) is 3.93. The second-order valence-corrected chi connectivity index (χ2v) is 3.93. The van der Waals surface area contributed by atoms with Crippen LogP contribution in [-0.4, -0.2) is 0 Å². The van der Waals surface area contributed by atoms with E-state index in [1.807, 2.05) is 12.1 Å². The Morgan fingerprint density at radius 3 is 2.06 bits per heavy atom. The van der Waals surface area contributed by atoms with E-state index in [0.29, 0.717) is 0 Å². The zero-order valence-electron chi connectivity index (χ0n) is 9.45. The van der Waals surface area contributed by atoms with Crippen LogP contribution < -0.4 is 5.73 Å². The molecule has 0 bridgehead atoms. The predicted molar refractivity (Wildman–Crippen MR) is 64.6 cm³/mol. The summed E-state index contributed by atoms with van der Waals surface area (Å²) in [6.45, 7) is 4.21. The molecule has 0 spiro atoms. The monoisotopic (exact) mass is 380 g/mol. The van der Waals surface area contributed by atoms with Crippen molar-refractivity contribution < 1.29 is 21.1 Å². The molecule has 2 heteroatoms. The van der Waals surface area contributed by atoms with Gasteiger partial charge in [0.2, 0.25) is 0 Å². The van der Waals surface area contributed by atoms with Crippen molar-refractivity contribution in [1.29, 1.82) is 0 Å². The van der Waals surface area contributed by atoms with Crippen LogP contribution in [0.5, 0.6) is 0 Å². The summed E-state index contributed by atoms with van der Waals surface area (Å²) in [6.07, 6.45) is 0. The van der Waals surface area contributed by atoms with Crippen molar-refractivity contribution in [2.75, 3.05) is 5.73 Å². The van der Waals surface area contributed by atoms with Crippen molar-refractivity contribution >= 4 is 5.69 Å². The molecule has 2 rings (SSSR count). The molecule has 16 heavy (non-hydrogen) atoms. The predicted octanol–water partition coefficient (Wildman–Crippen LogP) is 3.35. The normalized spacial score (nSPS) is 9.62. The van der Waals surface area contributed by atoms with Crippen LogP contribution in [0.25, 0.3) is 11.1 Å². The third-order valence-electron chi connectivity index (χ3n) is 2.37. The molecule has 2 aromatic carbocycles. The van der Waals surface area contributed by atoms with E-state index < -0.39 is 0 Å². The number of hydrogen-bond donors (Lipinski definition) is 1. The van der Waals surface area contributed by atoms with Gasteiger partial charge in [0.25, 0.3) is 0 Å². The molecule has 0 amide bonds. The first-order valence-electron chi connectivity index (χ1n) is 5.00. The first kappa shape index (κ1) is 13.0. The second kappa shape index (κ2) is 5.32. The van der Waals surface area contributed by atoms with Gasteiger partial charge in [-0.05, 0) is 13.8 Å². The summed E-state index contributed by atoms with van der Waals surface area (Å²) in [5, 5.41) is 0. The summed E-state index contributed by atoms with van der Waals surface area (Å²) in [5.74, 6) is 0. The van der Waals surface area contributed by atoms with Crippen LogP contribution in [0.2, 0.25) is 0 Å². The number of nitrogens with two attached hydrogens (primary N) is 1. The quantitative estimate of drug-likeness (QED) is 0.596. The van der Waals surface area contributed by atoms with Gasteiger partial charge >= 0.3 is 0 Å². The molecule has 0 saturated heterocycles. The van der Waals surface area contributed by atoms with Crippen LogP contribution in [0.4, 0.5) is 5.69 Å². The van der Waals surface area contributed by atoms with Crippen molar-refractivity contribution in [2.45, 2.75) is 13.8 Å². The zero-order valence-corrected chi connectivity index (χ0v) is 12.4. The summed E-state index contributed by atoms with van der Waals surface area (Å²) in [7, 11) is 0. The molecular formula is C14H14NW-. The Labute approximate surface area is 111 Å². The standard InChI is InChI=1S/C14H14N.W/c1-10-6-11(2)8-13(7-10)12-4-3-5-14(15)9-12;/h4-9H,15H2,1-2H3;/q-1;. The minimum Gasteiger partial charge on any atom is -0.449 e. The maximum Gasteiger partial charge on any atom is 0 e. The SMILES string of the molecule is Cc1cc(C)cc(-c2c[c-]cc(N)c2)c1.[W]. The van der Waals surface area contributed by atoms with E-state index >= 15 is 0 Å². The molecule has 2 aromatic rings. The third kappa shape index (κ3) is 2.96. The van der Waals surface area contributed by atoms with Gasteiger partial charge in [-0.25, -0.2) is 0 Å². The summed E-state index contributed by atoms with van der Waals surface area (Å²) >= 11 is 0. The molecule has 0 aliphatic heterocycles. The van der Waals surface area contributed by atoms with E-state index in [1.54, 1.807) is 6.07 Å². The van der Waals surface area contributed by atoms with Crippen LogP contribution in [0, 0.1) is 19.9 Å². The molecule has 2 N–H and O–H groups in total. The maximum absolute atomic E-state index is 5.74. The van der Waals surface area contributed by atoms with Gasteiger partial charge in [-0.15, -0.1) is 11.6 Å². The van der Waals surface area contributed by atoms with Crippen molar-refractivity contribution in [3.05, 3.63) is 53.6 Å². The summed E-state index contributed by atoms with van der Waals surface area (Å²) in [5.41, 5.74) is 11.4. The molecule has 0 unspecified atom stereocenters. The molecule has 0 heterocycles. The van der Waals surface area contributed by atoms with Crippen LogP contribution in [0.3, 0.4) is 0 Å². The van der Waals surface area contributed by atoms with Crippen LogP contribution in [-0.2, 0) is 21.1 Å². The van der Waals surface area contributed by atoms with E-state index in [1.165, 1.54) is 16.7 Å².